The van der Waals surface area contributed by atoms with Crippen LogP contribution >= 0.6 is 11.6 Å². The second-order valence-corrected chi connectivity index (χ2v) is 7.38. The third-order valence-corrected chi connectivity index (χ3v) is 5.29. The normalized spacial score (nSPS) is 18.7. The highest BCUT2D eigenvalue weighted by molar-refractivity contribution is 6.31. The molecular formula is C21H21ClN2O4. The molecule has 2 aliphatic rings. The molecule has 1 unspecified atom stereocenters. The lowest BCUT2D eigenvalue weighted by Gasteiger charge is -2.17. The zero-order valence-electron chi connectivity index (χ0n) is 15.3. The van der Waals surface area contributed by atoms with Crippen molar-refractivity contribution in [3.63, 3.8) is 0 Å². The van der Waals surface area contributed by atoms with E-state index in [1.165, 1.54) is 0 Å². The Hall–Kier alpha value is -2.73. The van der Waals surface area contributed by atoms with Crippen molar-refractivity contribution in [3.05, 3.63) is 53.1 Å². The highest BCUT2D eigenvalue weighted by Crippen LogP contribution is 2.33. The second kappa shape index (κ2) is 8.10. The Bertz CT molecular complexity index is 902. The van der Waals surface area contributed by atoms with Gasteiger partial charge in [-0.3, -0.25) is 9.59 Å². The summed E-state index contributed by atoms with van der Waals surface area (Å²) in [7, 11) is 0. The molecule has 1 saturated heterocycles. The van der Waals surface area contributed by atoms with Crippen LogP contribution in [0.5, 0.6) is 11.5 Å². The highest BCUT2D eigenvalue weighted by Gasteiger charge is 2.34. The Balaban J connectivity index is 1.40. The van der Waals surface area contributed by atoms with Gasteiger partial charge in [0, 0.05) is 42.7 Å². The monoisotopic (exact) mass is 400 g/mol. The average molecular weight is 401 g/mol. The van der Waals surface area contributed by atoms with Gasteiger partial charge in [-0.1, -0.05) is 29.8 Å². The number of fused-ring (bicyclic) bond motifs is 1. The summed E-state index contributed by atoms with van der Waals surface area (Å²) < 4.78 is 11.3. The first-order valence-electron chi connectivity index (χ1n) is 9.32. The van der Waals surface area contributed by atoms with Crippen LogP contribution in [0.2, 0.25) is 5.02 Å². The molecule has 0 aromatic heterocycles. The number of carbonyl (C=O) groups excluding carboxylic acids is 2. The van der Waals surface area contributed by atoms with Crippen molar-refractivity contribution in [2.45, 2.75) is 19.4 Å². The molecule has 28 heavy (non-hydrogen) atoms. The molecule has 2 aromatic carbocycles. The zero-order chi connectivity index (χ0) is 19.5. The molecule has 2 heterocycles. The van der Waals surface area contributed by atoms with Gasteiger partial charge >= 0.3 is 0 Å². The minimum Gasteiger partial charge on any atom is -0.490 e. The van der Waals surface area contributed by atoms with Gasteiger partial charge < -0.3 is 19.7 Å². The molecule has 2 aliphatic heterocycles. The first kappa shape index (κ1) is 18.6. The van der Waals surface area contributed by atoms with E-state index < -0.39 is 5.92 Å². The van der Waals surface area contributed by atoms with Crippen molar-refractivity contribution in [2.75, 3.05) is 25.1 Å². The summed E-state index contributed by atoms with van der Waals surface area (Å²) in [4.78, 5) is 26.7. The Morgan fingerprint density at radius 1 is 1.14 bits per heavy atom. The smallest absolute Gasteiger partial charge is 0.229 e. The third kappa shape index (κ3) is 4.07. The molecule has 0 bridgehead atoms. The topological polar surface area (TPSA) is 67.9 Å². The number of likely N-dealkylation sites (tertiary alicyclic amines) is 1. The van der Waals surface area contributed by atoms with Crippen LogP contribution in [0, 0.1) is 5.92 Å². The van der Waals surface area contributed by atoms with Crippen LogP contribution in [0.15, 0.2) is 42.5 Å². The second-order valence-electron chi connectivity index (χ2n) is 6.97. The van der Waals surface area contributed by atoms with E-state index in [0.717, 1.165) is 12.0 Å². The van der Waals surface area contributed by atoms with Crippen molar-refractivity contribution in [1.82, 2.24) is 4.90 Å². The maximum atomic E-state index is 12.7. The summed E-state index contributed by atoms with van der Waals surface area (Å²) in [5.74, 6) is 0.685. The highest BCUT2D eigenvalue weighted by atomic mass is 35.5. The molecule has 7 heteroatoms. The number of ether oxygens (including phenoxy) is 2. The molecule has 6 nitrogen and oxygen atoms in total. The number of benzene rings is 2. The van der Waals surface area contributed by atoms with Gasteiger partial charge in [0.2, 0.25) is 11.8 Å². The fourth-order valence-corrected chi connectivity index (χ4v) is 3.61. The Kier molecular flexibility index (Phi) is 5.39. The van der Waals surface area contributed by atoms with Crippen LogP contribution < -0.4 is 14.8 Å². The molecule has 0 saturated carbocycles. The van der Waals surface area contributed by atoms with Crippen molar-refractivity contribution in [3.8, 4) is 11.5 Å². The molecule has 1 N–H and O–H groups in total. The van der Waals surface area contributed by atoms with E-state index in [2.05, 4.69) is 5.32 Å². The van der Waals surface area contributed by atoms with Crippen LogP contribution in [0.4, 0.5) is 5.69 Å². The van der Waals surface area contributed by atoms with E-state index in [4.69, 9.17) is 21.1 Å². The molecule has 0 aliphatic carbocycles. The number of rotatable bonds is 4. The lowest BCUT2D eigenvalue weighted by Crippen LogP contribution is -2.28. The summed E-state index contributed by atoms with van der Waals surface area (Å²) in [5.41, 5.74) is 1.51. The molecular weight excluding hydrogens is 380 g/mol. The molecule has 0 radical (unpaired) electrons. The van der Waals surface area contributed by atoms with Crippen molar-refractivity contribution in [2.24, 2.45) is 5.92 Å². The Labute approximate surface area is 168 Å². The maximum Gasteiger partial charge on any atom is 0.229 e. The van der Waals surface area contributed by atoms with Crippen LogP contribution in [0.25, 0.3) is 0 Å². The summed E-state index contributed by atoms with van der Waals surface area (Å²) in [6.07, 6.45) is 1.02. The standard InChI is InChI=1S/C21H21ClN2O4/c22-17-5-2-1-4-14(17)12-24-13-15(10-20(24)25)21(26)23-16-6-7-18-19(11-16)28-9-3-8-27-18/h1-2,4-7,11,15H,3,8-10,12-13H2,(H,23,26). The number of nitrogens with one attached hydrogen (secondary N) is 1. The number of amides is 2. The van der Waals surface area contributed by atoms with E-state index in [1.54, 1.807) is 29.2 Å². The van der Waals surface area contributed by atoms with Gasteiger partial charge in [0.05, 0.1) is 19.1 Å². The minimum atomic E-state index is -0.397. The molecule has 1 fully saturated rings. The van der Waals surface area contributed by atoms with E-state index >= 15 is 0 Å². The van der Waals surface area contributed by atoms with Crippen LogP contribution in [0.1, 0.15) is 18.4 Å². The number of carbonyl (C=O) groups is 2. The van der Waals surface area contributed by atoms with Gasteiger partial charge in [-0.15, -0.1) is 0 Å². The van der Waals surface area contributed by atoms with Crippen molar-refractivity contribution >= 4 is 29.1 Å². The van der Waals surface area contributed by atoms with E-state index in [-0.39, 0.29) is 18.2 Å². The van der Waals surface area contributed by atoms with Crippen LogP contribution in [0.3, 0.4) is 0 Å². The largest absolute Gasteiger partial charge is 0.490 e. The summed E-state index contributed by atoms with van der Waals surface area (Å²) >= 11 is 6.19. The summed E-state index contributed by atoms with van der Waals surface area (Å²) in [5, 5.41) is 3.51. The molecule has 0 spiro atoms. The van der Waals surface area contributed by atoms with Crippen molar-refractivity contribution < 1.29 is 19.1 Å². The lowest BCUT2D eigenvalue weighted by atomic mass is 10.1. The maximum absolute atomic E-state index is 12.7. The number of anilines is 1. The molecule has 4 rings (SSSR count). The van der Waals surface area contributed by atoms with Crippen molar-refractivity contribution in [1.29, 1.82) is 0 Å². The first-order valence-corrected chi connectivity index (χ1v) is 9.69. The lowest BCUT2D eigenvalue weighted by molar-refractivity contribution is -0.128. The summed E-state index contributed by atoms with van der Waals surface area (Å²) in [6, 6.07) is 12.8. The van der Waals surface area contributed by atoms with Gasteiger partial charge in [-0.05, 0) is 23.8 Å². The van der Waals surface area contributed by atoms with Crippen LogP contribution in [-0.4, -0.2) is 36.5 Å². The molecule has 1 atom stereocenters. The first-order chi connectivity index (χ1) is 13.6. The fraction of sp³-hybridized carbons (Fsp3) is 0.333. The SMILES string of the molecule is O=C(Nc1ccc2c(c1)OCCCO2)C1CC(=O)N(Cc2ccccc2Cl)C1. The van der Waals surface area contributed by atoms with E-state index in [1.807, 2.05) is 18.2 Å². The predicted octanol–water partition coefficient (Wildman–Crippen LogP) is 3.49. The van der Waals surface area contributed by atoms with Crippen LogP contribution in [-0.2, 0) is 16.1 Å². The van der Waals surface area contributed by atoms with Gasteiger partial charge in [0.1, 0.15) is 0 Å². The Morgan fingerprint density at radius 3 is 2.75 bits per heavy atom. The number of hydrogen-bond donors (Lipinski definition) is 1. The Morgan fingerprint density at radius 2 is 1.93 bits per heavy atom. The fourth-order valence-electron chi connectivity index (χ4n) is 3.42. The number of halogens is 1. The van der Waals surface area contributed by atoms with E-state index in [9.17, 15) is 9.59 Å². The third-order valence-electron chi connectivity index (χ3n) is 4.92. The van der Waals surface area contributed by atoms with Gasteiger partial charge in [-0.2, -0.15) is 0 Å². The zero-order valence-corrected chi connectivity index (χ0v) is 16.1. The van der Waals surface area contributed by atoms with E-state index in [0.29, 0.717) is 48.5 Å². The summed E-state index contributed by atoms with van der Waals surface area (Å²) in [6.45, 7) is 1.98. The molecule has 2 amide bonds. The number of hydrogen-bond acceptors (Lipinski definition) is 4. The van der Waals surface area contributed by atoms with Gasteiger partial charge in [0.25, 0.3) is 0 Å². The quantitative estimate of drug-likeness (QED) is 0.853. The van der Waals surface area contributed by atoms with Gasteiger partial charge in [0.15, 0.2) is 11.5 Å². The minimum absolute atomic E-state index is 0.0428. The van der Waals surface area contributed by atoms with Gasteiger partial charge in [-0.25, -0.2) is 0 Å². The average Bonchev–Trinajstić information content (AvgIpc) is 2.90. The predicted molar refractivity (Wildman–Crippen MR) is 106 cm³/mol. The number of nitrogens with zero attached hydrogens (tertiary/aromatic N) is 1. The molecule has 146 valence electrons. The molecule has 2 aromatic rings.